The fourth-order valence-corrected chi connectivity index (χ4v) is 8.57. The van der Waals surface area contributed by atoms with Gasteiger partial charge in [0.05, 0.1) is 6.10 Å². The Morgan fingerprint density at radius 1 is 1.06 bits per heavy atom. The van der Waals surface area contributed by atoms with Gasteiger partial charge in [-0.15, -0.1) is 0 Å². The molecule has 0 aromatic carbocycles. The largest absolute Gasteiger partial charge is 0.393 e. The monoisotopic (exact) mass is 426 g/mol. The number of hydrogen-bond acceptors (Lipinski definition) is 2. The molecule has 0 heterocycles. The second-order valence-electron chi connectivity index (χ2n) is 12.4. The molecule has 3 saturated carbocycles. The average molecular weight is 427 g/mol. The second-order valence-corrected chi connectivity index (χ2v) is 12.4. The van der Waals surface area contributed by atoms with E-state index in [-0.39, 0.29) is 22.9 Å². The van der Waals surface area contributed by atoms with Gasteiger partial charge < -0.3 is 5.11 Å². The molecule has 4 aliphatic rings. The molecule has 0 aliphatic heterocycles. The molecule has 0 spiro atoms. The van der Waals surface area contributed by atoms with E-state index < -0.39 is 0 Å². The molecule has 0 bridgehead atoms. The summed E-state index contributed by atoms with van der Waals surface area (Å²) < 4.78 is 0. The molecule has 0 amide bonds. The molecule has 4 aliphatic carbocycles. The second kappa shape index (κ2) is 8.47. The topological polar surface area (TPSA) is 37.3 Å². The van der Waals surface area contributed by atoms with Crippen molar-refractivity contribution in [2.75, 3.05) is 0 Å². The van der Waals surface area contributed by atoms with Gasteiger partial charge in [0.25, 0.3) is 0 Å². The number of ketones is 1. The van der Waals surface area contributed by atoms with Crippen molar-refractivity contribution < 1.29 is 9.90 Å². The van der Waals surface area contributed by atoms with Gasteiger partial charge in [0.15, 0.2) is 5.78 Å². The van der Waals surface area contributed by atoms with Crippen LogP contribution in [0.15, 0.2) is 23.8 Å². The van der Waals surface area contributed by atoms with Crippen LogP contribution in [0.4, 0.5) is 0 Å². The van der Waals surface area contributed by atoms with E-state index in [1.54, 1.807) is 0 Å². The van der Waals surface area contributed by atoms with E-state index in [9.17, 15) is 9.90 Å². The van der Waals surface area contributed by atoms with E-state index in [2.05, 4.69) is 53.7 Å². The summed E-state index contributed by atoms with van der Waals surface area (Å²) in [6.07, 6.45) is 15.6. The highest BCUT2D eigenvalue weighted by atomic mass is 16.3. The van der Waals surface area contributed by atoms with Crippen LogP contribution < -0.4 is 0 Å². The molecule has 0 radical (unpaired) electrons. The van der Waals surface area contributed by atoms with Crippen LogP contribution in [0.1, 0.15) is 92.9 Å². The van der Waals surface area contributed by atoms with E-state index in [1.165, 1.54) is 37.7 Å². The number of rotatable bonds is 5. The zero-order chi connectivity index (χ0) is 22.6. The Morgan fingerprint density at radius 3 is 2.48 bits per heavy atom. The molecular weight excluding hydrogens is 380 g/mol. The van der Waals surface area contributed by atoms with Crippen molar-refractivity contribution >= 4 is 5.78 Å². The minimum absolute atomic E-state index is 0.133. The molecule has 2 nitrogen and oxygen atoms in total. The predicted octanol–water partition coefficient (Wildman–Crippen LogP) is 6.98. The van der Waals surface area contributed by atoms with E-state index >= 15 is 0 Å². The van der Waals surface area contributed by atoms with Gasteiger partial charge in [-0.2, -0.15) is 0 Å². The number of carbonyl (C=O) groups excluding carboxylic acids is 1. The number of allylic oxidation sites excluding steroid dienone is 3. The first kappa shape index (κ1) is 23.3. The van der Waals surface area contributed by atoms with Gasteiger partial charge in [-0.25, -0.2) is 0 Å². The summed E-state index contributed by atoms with van der Waals surface area (Å²) >= 11 is 0. The summed E-state index contributed by atoms with van der Waals surface area (Å²) in [5.41, 5.74) is 1.68. The lowest BCUT2D eigenvalue weighted by Gasteiger charge is -2.57. The Labute approximate surface area is 191 Å². The molecule has 9 atom stereocenters. The third-order valence-electron chi connectivity index (χ3n) is 10.6. The van der Waals surface area contributed by atoms with Gasteiger partial charge >= 0.3 is 0 Å². The number of carbonyl (C=O) groups is 1. The summed E-state index contributed by atoms with van der Waals surface area (Å²) in [7, 11) is 0. The Balaban J connectivity index is 1.57. The molecule has 2 heteroatoms. The molecule has 0 aromatic heterocycles. The number of fused-ring (bicyclic) bond motifs is 5. The third kappa shape index (κ3) is 3.79. The van der Waals surface area contributed by atoms with E-state index in [4.69, 9.17) is 0 Å². The first-order valence-electron chi connectivity index (χ1n) is 13.2. The van der Waals surface area contributed by atoms with E-state index in [1.807, 2.05) is 6.08 Å². The van der Waals surface area contributed by atoms with Gasteiger partial charge in [0.2, 0.25) is 0 Å². The molecule has 174 valence electrons. The van der Waals surface area contributed by atoms with Crippen LogP contribution in [0.25, 0.3) is 0 Å². The molecule has 1 N–H and O–H groups in total. The molecular formula is C29H46O2. The van der Waals surface area contributed by atoms with Gasteiger partial charge in [-0.05, 0) is 104 Å². The van der Waals surface area contributed by atoms with Crippen LogP contribution >= 0.6 is 0 Å². The standard InChI is InChI=1S/C29H46O2/c1-7-20(18(2)3)9-8-19(4)23-10-11-24-27-25(13-15-29(23,24)6)28(5)14-12-22(30)16-21(28)17-26(27)31/h8-9,17-20,22-25,27,30H,7,10-16H2,1-6H3/b9-8+/t19-,20-,22+,23-,24?,25?,27?,28+,29-/m1/s1. The summed E-state index contributed by atoms with van der Waals surface area (Å²) in [6.45, 7) is 14.3. The average Bonchev–Trinajstić information content (AvgIpc) is 3.06. The summed E-state index contributed by atoms with van der Waals surface area (Å²) in [5.74, 6) is 4.27. The third-order valence-corrected chi connectivity index (χ3v) is 10.6. The van der Waals surface area contributed by atoms with Gasteiger partial charge in [-0.1, -0.05) is 59.3 Å². The van der Waals surface area contributed by atoms with Gasteiger partial charge in [-0.3, -0.25) is 4.79 Å². The SMILES string of the molecule is CC[C@H](/C=C/[C@@H](C)[C@H]1CCC2C3C(=O)C=C4C[C@@H](O)CC[C@]4(C)C3CC[C@@]21C)C(C)C. The fraction of sp³-hybridized carbons (Fsp3) is 0.828. The molecule has 0 saturated heterocycles. The van der Waals surface area contributed by atoms with Crippen LogP contribution in [0.5, 0.6) is 0 Å². The van der Waals surface area contributed by atoms with Crippen molar-refractivity contribution in [1.82, 2.24) is 0 Å². The van der Waals surface area contributed by atoms with E-state index in [0.717, 1.165) is 12.8 Å². The summed E-state index contributed by atoms with van der Waals surface area (Å²) in [4.78, 5) is 13.5. The maximum absolute atomic E-state index is 13.5. The fourth-order valence-electron chi connectivity index (χ4n) is 8.57. The Kier molecular flexibility index (Phi) is 6.36. The zero-order valence-corrected chi connectivity index (χ0v) is 20.9. The van der Waals surface area contributed by atoms with Gasteiger partial charge in [0.1, 0.15) is 0 Å². The van der Waals surface area contributed by atoms with Crippen LogP contribution in [0, 0.1) is 52.3 Å². The Morgan fingerprint density at radius 2 is 1.81 bits per heavy atom. The molecule has 31 heavy (non-hydrogen) atoms. The number of aliphatic hydroxyl groups excluding tert-OH is 1. The molecule has 3 unspecified atom stereocenters. The van der Waals surface area contributed by atoms with Crippen LogP contribution in [-0.2, 0) is 4.79 Å². The lowest BCUT2D eigenvalue weighted by atomic mass is 9.46. The Hall–Kier alpha value is -0.890. The summed E-state index contributed by atoms with van der Waals surface area (Å²) in [6, 6.07) is 0. The van der Waals surface area contributed by atoms with Crippen molar-refractivity contribution in [3.8, 4) is 0 Å². The smallest absolute Gasteiger partial charge is 0.159 e. The van der Waals surface area contributed by atoms with Crippen molar-refractivity contribution in [2.24, 2.45) is 52.3 Å². The lowest BCUT2D eigenvalue weighted by molar-refractivity contribution is -0.134. The predicted molar refractivity (Wildman–Crippen MR) is 129 cm³/mol. The first-order valence-corrected chi connectivity index (χ1v) is 13.2. The van der Waals surface area contributed by atoms with Crippen LogP contribution in [0.2, 0.25) is 0 Å². The highest BCUT2D eigenvalue weighted by Crippen LogP contribution is 2.66. The van der Waals surface area contributed by atoms with Crippen molar-refractivity contribution in [2.45, 2.75) is 99.0 Å². The zero-order valence-electron chi connectivity index (χ0n) is 20.9. The lowest BCUT2D eigenvalue weighted by Crippen LogP contribution is -2.53. The maximum Gasteiger partial charge on any atom is 0.159 e. The van der Waals surface area contributed by atoms with Crippen LogP contribution in [0.3, 0.4) is 0 Å². The molecule has 0 aromatic rings. The first-order chi connectivity index (χ1) is 14.6. The van der Waals surface area contributed by atoms with Crippen molar-refractivity contribution in [1.29, 1.82) is 0 Å². The Bertz CT molecular complexity index is 748. The number of hydrogen-bond donors (Lipinski definition) is 1. The van der Waals surface area contributed by atoms with Gasteiger partial charge in [0, 0.05) is 5.92 Å². The van der Waals surface area contributed by atoms with E-state index in [0.29, 0.717) is 47.7 Å². The highest BCUT2D eigenvalue weighted by molar-refractivity contribution is 5.94. The quantitative estimate of drug-likeness (QED) is 0.481. The normalized spacial score (nSPS) is 44.6. The van der Waals surface area contributed by atoms with Crippen molar-refractivity contribution in [3.05, 3.63) is 23.8 Å². The summed E-state index contributed by atoms with van der Waals surface area (Å²) in [5, 5.41) is 10.2. The minimum Gasteiger partial charge on any atom is -0.393 e. The molecule has 3 fully saturated rings. The maximum atomic E-state index is 13.5. The van der Waals surface area contributed by atoms with Crippen molar-refractivity contribution in [3.63, 3.8) is 0 Å². The van der Waals surface area contributed by atoms with Crippen LogP contribution in [-0.4, -0.2) is 17.0 Å². The number of aliphatic hydroxyl groups is 1. The minimum atomic E-state index is -0.251. The molecule has 4 rings (SSSR count). The highest BCUT2D eigenvalue weighted by Gasteiger charge is 2.61.